The number of hydrogen-bond donors (Lipinski definition) is 3. The zero-order valence-electron chi connectivity index (χ0n) is 11.0. The minimum Gasteiger partial charge on any atom is -0.481 e. The van der Waals surface area contributed by atoms with E-state index in [0.29, 0.717) is 12.8 Å². The molecular weight excluding hydrogens is 274 g/mol. The van der Waals surface area contributed by atoms with Crippen LogP contribution in [-0.4, -0.2) is 62.8 Å². The van der Waals surface area contributed by atoms with Crippen LogP contribution >= 0.6 is 0 Å². The fourth-order valence-electron chi connectivity index (χ4n) is 1.41. The van der Waals surface area contributed by atoms with Crippen molar-refractivity contribution in [3.8, 4) is 0 Å². The van der Waals surface area contributed by atoms with E-state index in [-0.39, 0.29) is 18.8 Å². The van der Waals surface area contributed by atoms with Crippen LogP contribution in [0.4, 0.5) is 4.79 Å². The van der Waals surface area contributed by atoms with Gasteiger partial charge in [0, 0.05) is 27.2 Å². The van der Waals surface area contributed by atoms with Gasteiger partial charge in [-0.3, -0.25) is 4.79 Å². The van der Waals surface area contributed by atoms with Gasteiger partial charge < -0.3 is 15.7 Å². The highest BCUT2D eigenvalue weighted by Crippen LogP contribution is 2.45. The summed E-state index contributed by atoms with van der Waals surface area (Å²) in [5, 5.41) is 13.7. The third kappa shape index (κ3) is 4.35. The molecule has 1 aliphatic rings. The predicted molar refractivity (Wildman–Crippen MR) is 68.2 cm³/mol. The van der Waals surface area contributed by atoms with E-state index < -0.39 is 27.4 Å². The van der Waals surface area contributed by atoms with Crippen molar-refractivity contribution in [1.82, 2.24) is 14.9 Å². The standard InChI is InChI=1S/C10H19N3O5S/c1-13(2)19(17,18)6-5-11-9(16)12-7-10(3-4-10)8(14)15/h3-7H2,1-2H3,(H,14,15)(H2,11,12,16). The first-order valence-corrected chi connectivity index (χ1v) is 7.46. The minimum atomic E-state index is -3.34. The molecule has 0 atom stereocenters. The number of amides is 2. The van der Waals surface area contributed by atoms with Gasteiger partial charge in [0.1, 0.15) is 0 Å². The first kappa shape index (κ1) is 15.7. The third-order valence-electron chi connectivity index (χ3n) is 3.10. The van der Waals surface area contributed by atoms with Gasteiger partial charge in [-0.25, -0.2) is 17.5 Å². The van der Waals surface area contributed by atoms with Crippen LogP contribution in [0.3, 0.4) is 0 Å². The summed E-state index contributed by atoms with van der Waals surface area (Å²) in [6, 6.07) is -0.554. The molecule has 1 saturated carbocycles. The zero-order chi connectivity index (χ0) is 14.7. The van der Waals surface area contributed by atoms with Gasteiger partial charge in [0.05, 0.1) is 11.2 Å². The van der Waals surface area contributed by atoms with Crippen molar-refractivity contribution in [3.05, 3.63) is 0 Å². The Balaban J connectivity index is 2.24. The smallest absolute Gasteiger partial charge is 0.314 e. The van der Waals surface area contributed by atoms with Gasteiger partial charge in [0.2, 0.25) is 10.0 Å². The molecule has 0 radical (unpaired) electrons. The Morgan fingerprint density at radius 1 is 1.26 bits per heavy atom. The van der Waals surface area contributed by atoms with E-state index in [9.17, 15) is 18.0 Å². The predicted octanol–water partition coefficient (Wildman–Crippen LogP) is -0.958. The maximum absolute atomic E-state index is 11.4. The highest BCUT2D eigenvalue weighted by Gasteiger charge is 2.50. The largest absolute Gasteiger partial charge is 0.481 e. The van der Waals surface area contributed by atoms with Crippen molar-refractivity contribution in [3.63, 3.8) is 0 Å². The van der Waals surface area contributed by atoms with E-state index in [1.54, 1.807) is 0 Å². The topological polar surface area (TPSA) is 116 Å². The first-order valence-electron chi connectivity index (χ1n) is 5.85. The van der Waals surface area contributed by atoms with Crippen LogP contribution in [0.2, 0.25) is 0 Å². The second-order valence-electron chi connectivity index (χ2n) is 4.79. The average Bonchev–Trinajstić information content (AvgIpc) is 3.07. The molecule has 110 valence electrons. The van der Waals surface area contributed by atoms with E-state index in [1.165, 1.54) is 14.1 Å². The quantitative estimate of drug-likeness (QED) is 0.559. The highest BCUT2D eigenvalue weighted by molar-refractivity contribution is 7.89. The van der Waals surface area contributed by atoms with Gasteiger partial charge in [-0.2, -0.15) is 0 Å². The number of rotatable bonds is 7. The molecule has 0 aromatic heterocycles. The summed E-state index contributed by atoms with van der Waals surface area (Å²) in [4.78, 5) is 22.2. The Labute approximate surface area is 112 Å². The van der Waals surface area contributed by atoms with Gasteiger partial charge in [0.25, 0.3) is 0 Å². The molecule has 8 nitrogen and oxygen atoms in total. The monoisotopic (exact) mass is 293 g/mol. The summed E-state index contributed by atoms with van der Waals surface area (Å²) in [5.41, 5.74) is -0.826. The maximum atomic E-state index is 11.4. The van der Waals surface area contributed by atoms with Gasteiger partial charge in [-0.15, -0.1) is 0 Å². The van der Waals surface area contributed by atoms with Crippen molar-refractivity contribution in [2.24, 2.45) is 5.41 Å². The molecule has 19 heavy (non-hydrogen) atoms. The lowest BCUT2D eigenvalue weighted by Gasteiger charge is -2.13. The molecule has 0 aromatic carbocycles. The van der Waals surface area contributed by atoms with E-state index >= 15 is 0 Å². The van der Waals surface area contributed by atoms with Crippen molar-refractivity contribution in [2.45, 2.75) is 12.8 Å². The van der Waals surface area contributed by atoms with Gasteiger partial charge in [0.15, 0.2) is 0 Å². The molecule has 0 aliphatic heterocycles. The molecule has 0 aromatic rings. The molecule has 0 heterocycles. The van der Waals surface area contributed by atoms with E-state index in [2.05, 4.69) is 10.6 Å². The van der Waals surface area contributed by atoms with Crippen LogP contribution in [0.25, 0.3) is 0 Å². The summed E-state index contributed by atoms with van der Waals surface area (Å²) < 4.78 is 23.9. The van der Waals surface area contributed by atoms with Crippen LogP contribution in [0.5, 0.6) is 0 Å². The molecule has 1 rings (SSSR count). The Bertz CT molecular complexity index is 456. The summed E-state index contributed by atoms with van der Waals surface area (Å²) >= 11 is 0. The van der Waals surface area contributed by atoms with Gasteiger partial charge in [-0.1, -0.05) is 0 Å². The van der Waals surface area contributed by atoms with Gasteiger partial charge in [-0.05, 0) is 12.8 Å². The van der Waals surface area contributed by atoms with Crippen molar-refractivity contribution >= 4 is 22.0 Å². The van der Waals surface area contributed by atoms with Crippen molar-refractivity contribution in [1.29, 1.82) is 0 Å². The van der Waals surface area contributed by atoms with Crippen LogP contribution in [-0.2, 0) is 14.8 Å². The van der Waals surface area contributed by atoms with Crippen LogP contribution in [0, 0.1) is 5.41 Å². The second kappa shape index (κ2) is 5.74. The Kier molecular flexibility index (Phi) is 4.75. The summed E-state index contributed by atoms with van der Waals surface area (Å²) in [5.74, 6) is -1.11. The molecular formula is C10H19N3O5S. The number of carboxylic acid groups (broad SMARTS) is 1. The number of carbonyl (C=O) groups is 2. The van der Waals surface area contributed by atoms with Crippen LogP contribution in [0.1, 0.15) is 12.8 Å². The van der Waals surface area contributed by atoms with E-state index in [0.717, 1.165) is 4.31 Å². The highest BCUT2D eigenvalue weighted by atomic mass is 32.2. The fraction of sp³-hybridized carbons (Fsp3) is 0.800. The second-order valence-corrected chi connectivity index (χ2v) is 7.10. The van der Waals surface area contributed by atoms with Crippen molar-refractivity contribution in [2.75, 3.05) is 32.9 Å². The van der Waals surface area contributed by atoms with Gasteiger partial charge >= 0.3 is 12.0 Å². The normalized spacial score (nSPS) is 17.0. The Hall–Kier alpha value is -1.35. The molecule has 1 fully saturated rings. The zero-order valence-corrected chi connectivity index (χ0v) is 11.8. The SMILES string of the molecule is CN(C)S(=O)(=O)CCNC(=O)NCC1(C(=O)O)CC1. The number of nitrogens with zero attached hydrogens (tertiary/aromatic N) is 1. The first-order chi connectivity index (χ1) is 8.69. The third-order valence-corrected chi connectivity index (χ3v) is 4.93. The summed E-state index contributed by atoms with van der Waals surface area (Å²) in [7, 11) is -0.510. The Morgan fingerprint density at radius 3 is 2.26 bits per heavy atom. The molecule has 9 heteroatoms. The molecule has 0 bridgehead atoms. The molecule has 0 saturated heterocycles. The lowest BCUT2D eigenvalue weighted by molar-refractivity contribution is -0.143. The number of urea groups is 1. The van der Waals surface area contributed by atoms with Crippen molar-refractivity contribution < 1.29 is 23.1 Å². The summed E-state index contributed by atoms with van der Waals surface area (Å²) in [6.07, 6.45) is 1.11. The molecule has 1 aliphatic carbocycles. The fourth-order valence-corrected chi connectivity index (χ4v) is 2.13. The number of aliphatic carboxylic acids is 1. The summed E-state index contributed by atoms with van der Waals surface area (Å²) in [6.45, 7) is 0.0427. The lowest BCUT2D eigenvalue weighted by Crippen LogP contribution is -2.42. The number of carbonyl (C=O) groups excluding carboxylic acids is 1. The van der Waals surface area contributed by atoms with E-state index in [1.807, 2.05) is 0 Å². The number of hydrogen-bond acceptors (Lipinski definition) is 4. The van der Waals surface area contributed by atoms with Crippen LogP contribution < -0.4 is 10.6 Å². The maximum Gasteiger partial charge on any atom is 0.314 e. The molecule has 3 N–H and O–H groups in total. The Morgan fingerprint density at radius 2 is 1.84 bits per heavy atom. The number of sulfonamides is 1. The number of carboxylic acids is 1. The lowest BCUT2D eigenvalue weighted by atomic mass is 10.1. The van der Waals surface area contributed by atoms with Crippen LogP contribution in [0.15, 0.2) is 0 Å². The minimum absolute atomic E-state index is 0.0214. The van der Waals surface area contributed by atoms with E-state index in [4.69, 9.17) is 5.11 Å². The molecule has 0 unspecified atom stereocenters. The average molecular weight is 293 g/mol. The molecule has 2 amide bonds. The number of nitrogens with one attached hydrogen (secondary N) is 2. The molecule has 0 spiro atoms.